The fraction of sp³-hybridized carbons (Fsp3) is 0.600. The standard InChI is InChI=1S/C10H15O/c1-3-5-9-7-4-6-8(2)10(9)11/h4,6,9H,3,5,7H2,1-2H3. The zero-order valence-corrected chi connectivity index (χ0v) is 7.26. The van der Waals surface area contributed by atoms with E-state index in [-0.39, 0.29) is 5.92 Å². The van der Waals surface area contributed by atoms with Gasteiger partial charge in [0.1, 0.15) is 0 Å². The molecule has 0 fully saturated rings. The number of ketones is 1. The molecular weight excluding hydrogens is 136 g/mol. The molecule has 0 N–H and O–H groups in total. The van der Waals surface area contributed by atoms with Crippen LogP contribution < -0.4 is 0 Å². The van der Waals surface area contributed by atoms with Gasteiger partial charge in [-0.2, -0.15) is 0 Å². The highest BCUT2D eigenvalue weighted by Gasteiger charge is 2.21. The van der Waals surface area contributed by atoms with Crippen LogP contribution in [-0.2, 0) is 4.79 Å². The van der Waals surface area contributed by atoms with Gasteiger partial charge in [0.15, 0.2) is 5.78 Å². The lowest BCUT2D eigenvalue weighted by Gasteiger charge is -2.18. The molecule has 0 aromatic heterocycles. The van der Waals surface area contributed by atoms with Gasteiger partial charge in [-0.1, -0.05) is 19.4 Å². The van der Waals surface area contributed by atoms with Gasteiger partial charge >= 0.3 is 0 Å². The van der Waals surface area contributed by atoms with Gasteiger partial charge in [-0.05, 0) is 31.8 Å². The van der Waals surface area contributed by atoms with Gasteiger partial charge in [0, 0.05) is 5.92 Å². The van der Waals surface area contributed by atoms with Crippen LogP contribution in [0.25, 0.3) is 0 Å². The minimum atomic E-state index is 0.282. The van der Waals surface area contributed by atoms with E-state index in [9.17, 15) is 4.79 Å². The summed E-state index contributed by atoms with van der Waals surface area (Å²) in [5, 5.41) is 0. The summed E-state index contributed by atoms with van der Waals surface area (Å²) >= 11 is 0. The van der Waals surface area contributed by atoms with Crippen LogP contribution in [0, 0.1) is 12.3 Å². The van der Waals surface area contributed by atoms with Gasteiger partial charge in [0.2, 0.25) is 0 Å². The SMILES string of the molecule is CCCC1C[CH]C=C(C)C1=O. The molecule has 0 spiro atoms. The number of carbonyl (C=O) groups excluding carboxylic acids is 1. The Morgan fingerprint density at radius 3 is 3.00 bits per heavy atom. The van der Waals surface area contributed by atoms with E-state index in [2.05, 4.69) is 13.3 Å². The van der Waals surface area contributed by atoms with Crippen molar-refractivity contribution in [1.29, 1.82) is 0 Å². The summed E-state index contributed by atoms with van der Waals surface area (Å²) < 4.78 is 0. The second-order valence-electron chi connectivity index (χ2n) is 3.17. The smallest absolute Gasteiger partial charge is 0.161 e. The molecule has 1 atom stereocenters. The van der Waals surface area contributed by atoms with Gasteiger partial charge in [-0.3, -0.25) is 4.79 Å². The molecule has 0 heterocycles. The molecule has 0 saturated carbocycles. The van der Waals surface area contributed by atoms with E-state index in [0.29, 0.717) is 5.78 Å². The van der Waals surface area contributed by atoms with Crippen molar-refractivity contribution in [2.75, 3.05) is 0 Å². The maximum Gasteiger partial charge on any atom is 0.161 e. The summed E-state index contributed by atoms with van der Waals surface area (Å²) in [4.78, 5) is 11.4. The number of hydrogen-bond donors (Lipinski definition) is 0. The Balaban J connectivity index is 2.57. The fourth-order valence-corrected chi connectivity index (χ4v) is 1.52. The fourth-order valence-electron chi connectivity index (χ4n) is 1.52. The molecule has 0 amide bonds. The van der Waals surface area contributed by atoms with Crippen LogP contribution in [0.2, 0.25) is 0 Å². The molecule has 1 aliphatic carbocycles. The Morgan fingerprint density at radius 2 is 2.36 bits per heavy atom. The van der Waals surface area contributed by atoms with Gasteiger partial charge in [-0.25, -0.2) is 0 Å². The second-order valence-corrected chi connectivity index (χ2v) is 3.17. The van der Waals surface area contributed by atoms with E-state index in [0.717, 1.165) is 24.8 Å². The molecule has 1 unspecified atom stereocenters. The first-order valence-electron chi connectivity index (χ1n) is 4.30. The van der Waals surface area contributed by atoms with Crippen LogP contribution >= 0.6 is 0 Å². The van der Waals surface area contributed by atoms with E-state index in [1.54, 1.807) is 0 Å². The molecule has 0 aromatic carbocycles. The highest BCUT2D eigenvalue weighted by Crippen LogP contribution is 2.23. The molecule has 0 aliphatic heterocycles. The minimum absolute atomic E-state index is 0.282. The van der Waals surface area contributed by atoms with Crippen molar-refractivity contribution < 1.29 is 4.79 Å². The molecule has 1 nitrogen and oxygen atoms in total. The number of rotatable bonds is 2. The largest absolute Gasteiger partial charge is 0.294 e. The summed E-state index contributed by atoms with van der Waals surface area (Å²) in [6.07, 6.45) is 7.15. The Kier molecular flexibility index (Phi) is 2.86. The first-order chi connectivity index (χ1) is 5.25. The number of Topliss-reactive ketones (excluding diaryl/α,β-unsaturated/α-hetero) is 1. The normalized spacial score (nSPS) is 25.1. The molecule has 0 bridgehead atoms. The summed E-state index contributed by atoms with van der Waals surface area (Å²) in [6, 6.07) is 0. The average Bonchev–Trinajstić information content (AvgIpc) is 1.99. The van der Waals surface area contributed by atoms with Crippen LogP contribution in [0.5, 0.6) is 0 Å². The second kappa shape index (κ2) is 3.70. The molecule has 1 aliphatic rings. The Bertz CT molecular complexity index is 179. The third kappa shape index (κ3) is 1.92. The lowest BCUT2D eigenvalue weighted by Crippen LogP contribution is -2.18. The van der Waals surface area contributed by atoms with Crippen molar-refractivity contribution in [3.63, 3.8) is 0 Å². The van der Waals surface area contributed by atoms with Crippen molar-refractivity contribution in [3.8, 4) is 0 Å². The molecule has 1 radical (unpaired) electrons. The Labute approximate surface area is 68.5 Å². The minimum Gasteiger partial charge on any atom is -0.294 e. The van der Waals surface area contributed by atoms with E-state index < -0.39 is 0 Å². The first-order valence-corrected chi connectivity index (χ1v) is 4.30. The summed E-state index contributed by atoms with van der Waals surface area (Å²) in [6.45, 7) is 4.03. The quantitative estimate of drug-likeness (QED) is 0.592. The third-order valence-electron chi connectivity index (χ3n) is 2.19. The topological polar surface area (TPSA) is 17.1 Å². The molecular formula is C10H15O. The Hall–Kier alpha value is -0.590. The highest BCUT2D eigenvalue weighted by atomic mass is 16.1. The summed E-state index contributed by atoms with van der Waals surface area (Å²) in [5.41, 5.74) is 0.926. The van der Waals surface area contributed by atoms with Crippen molar-refractivity contribution >= 4 is 5.78 Å². The van der Waals surface area contributed by atoms with Gasteiger partial charge in [0.25, 0.3) is 0 Å². The van der Waals surface area contributed by atoms with Gasteiger partial charge in [0.05, 0.1) is 0 Å². The van der Waals surface area contributed by atoms with Crippen molar-refractivity contribution in [2.24, 2.45) is 5.92 Å². The molecule has 0 saturated heterocycles. The maximum absolute atomic E-state index is 11.4. The predicted molar refractivity (Wildman–Crippen MR) is 46.1 cm³/mol. The molecule has 1 rings (SSSR count). The summed E-state index contributed by atoms with van der Waals surface area (Å²) in [7, 11) is 0. The van der Waals surface area contributed by atoms with Crippen LogP contribution in [0.1, 0.15) is 33.1 Å². The van der Waals surface area contributed by atoms with Gasteiger partial charge < -0.3 is 0 Å². The van der Waals surface area contributed by atoms with Crippen LogP contribution in [0.3, 0.4) is 0 Å². The number of hydrogen-bond acceptors (Lipinski definition) is 1. The van der Waals surface area contributed by atoms with E-state index in [1.807, 2.05) is 13.0 Å². The maximum atomic E-state index is 11.4. The predicted octanol–water partition coefficient (Wildman–Crippen LogP) is 2.53. The molecule has 1 heteroatoms. The summed E-state index contributed by atoms with van der Waals surface area (Å²) in [5.74, 6) is 0.638. The van der Waals surface area contributed by atoms with Gasteiger partial charge in [-0.15, -0.1) is 0 Å². The lowest BCUT2D eigenvalue weighted by molar-refractivity contribution is -0.119. The van der Waals surface area contributed by atoms with E-state index in [1.165, 1.54) is 0 Å². The number of allylic oxidation sites excluding steroid dienone is 2. The van der Waals surface area contributed by atoms with E-state index >= 15 is 0 Å². The van der Waals surface area contributed by atoms with Crippen molar-refractivity contribution in [2.45, 2.75) is 33.1 Å². The van der Waals surface area contributed by atoms with Crippen LogP contribution in [-0.4, -0.2) is 5.78 Å². The van der Waals surface area contributed by atoms with Crippen molar-refractivity contribution in [3.05, 3.63) is 18.1 Å². The van der Waals surface area contributed by atoms with Crippen LogP contribution in [0.15, 0.2) is 11.6 Å². The Morgan fingerprint density at radius 1 is 1.64 bits per heavy atom. The third-order valence-corrected chi connectivity index (χ3v) is 2.19. The zero-order valence-electron chi connectivity index (χ0n) is 7.26. The number of carbonyl (C=O) groups is 1. The zero-order chi connectivity index (χ0) is 8.27. The van der Waals surface area contributed by atoms with E-state index in [4.69, 9.17) is 0 Å². The molecule has 11 heavy (non-hydrogen) atoms. The van der Waals surface area contributed by atoms with Crippen molar-refractivity contribution in [1.82, 2.24) is 0 Å². The monoisotopic (exact) mass is 151 g/mol. The highest BCUT2D eigenvalue weighted by molar-refractivity contribution is 5.97. The molecule has 61 valence electrons. The molecule has 0 aromatic rings. The van der Waals surface area contributed by atoms with Crippen LogP contribution in [0.4, 0.5) is 0 Å². The lowest BCUT2D eigenvalue weighted by atomic mass is 9.85. The first kappa shape index (κ1) is 8.51. The average molecular weight is 151 g/mol.